The van der Waals surface area contributed by atoms with Crippen LogP contribution in [0.4, 0.5) is 0 Å². The lowest BCUT2D eigenvalue weighted by Gasteiger charge is -2.32. The third-order valence-electron chi connectivity index (χ3n) is 3.16. The van der Waals surface area contributed by atoms with Crippen LogP contribution in [0.15, 0.2) is 0 Å². The van der Waals surface area contributed by atoms with Crippen molar-refractivity contribution in [1.29, 1.82) is 0 Å². The van der Waals surface area contributed by atoms with E-state index in [2.05, 4.69) is 5.32 Å². The number of nitrogens with one attached hydrogen (secondary N) is 1. The standard InChI is InChI=1S/C13H22N2O3S/c1-4-18-12(17)10-5-7-15(8-6-10)13(19)14-11(16)9(2)3/h9-10H,4-8H2,1-3H3,(H,14,16,19). The number of thiocarbonyl (C=S) groups is 1. The van der Waals surface area contributed by atoms with Gasteiger partial charge in [0.2, 0.25) is 5.91 Å². The molecular weight excluding hydrogens is 264 g/mol. The van der Waals surface area contributed by atoms with Gasteiger partial charge in [-0.2, -0.15) is 0 Å². The van der Waals surface area contributed by atoms with Crippen LogP contribution in [0.5, 0.6) is 0 Å². The van der Waals surface area contributed by atoms with Crippen molar-refractivity contribution in [3.05, 3.63) is 0 Å². The molecule has 0 aromatic rings. The van der Waals surface area contributed by atoms with Gasteiger partial charge in [-0.1, -0.05) is 13.8 Å². The Bertz CT molecular complexity index is 350. The highest BCUT2D eigenvalue weighted by Crippen LogP contribution is 2.18. The fourth-order valence-corrected chi connectivity index (χ4v) is 2.19. The fourth-order valence-electron chi connectivity index (χ4n) is 1.91. The van der Waals surface area contributed by atoms with Crippen LogP contribution in [0.3, 0.4) is 0 Å². The molecule has 0 atom stereocenters. The maximum atomic E-state index is 11.6. The van der Waals surface area contributed by atoms with Crippen molar-refractivity contribution >= 4 is 29.2 Å². The summed E-state index contributed by atoms with van der Waals surface area (Å²) in [7, 11) is 0. The molecule has 5 nitrogen and oxygen atoms in total. The zero-order chi connectivity index (χ0) is 14.4. The first-order chi connectivity index (χ1) is 8.95. The maximum Gasteiger partial charge on any atom is 0.309 e. The molecule has 0 unspecified atom stereocenters. The first-order valence-electron chi connectivity index (χ1n) is 6.72. The molecule has 1 amide bonds. The normalized spacial score (nSPS) is 16.3. The lowest BCUT2D eigenvalue weighted by molar-refractivity contribution is -0.149. The van der Waals surface area contributed by atoms with Crippen molar-refractivity contribution in [1.82, 2.24) is 10.2 Å². The number of carbonyl (C=O) groups excluding carboxylic acids is 2. The molecule has 0 radical (unpaired) electrons. The molecule has 108 valence electrons. The number of amides is 1. The molecule has 0 saturated carbocycles. The predicted octanol–water partition coefficient (Wildman–Crippen LogP) is 1.32. The molecule has 1 saturated heterocycles. The molecule has 0 bridgehead atoms. The highest BCUT2D eigenvalue weighted by Gasteiger charge is 2.27. The van der Waals surface area contributed by atoms with Gasteiger partial charge in [0.05, 0.1) is 12.5 Å². The largest absolute Gasteiger partial charge is 0.466 e. The van der Waals surface area contributed by atoms with E-state index in [4.69, 9.17) is 17.0 Å². The fraction of sp³-hybridized carbons (Fsp3) is 0.769. The van der Waals surface area contributed by atoms with Gasteiger partial charge in [0, 0.05) is 19.0 Å². The Morgan fingerprint density at radius 2 is 1.95 bits per heavy atom. The van der Waals surface area contributed by atoms with Gasteiger partial charge in [0.15, 0.2) is 5.11 Å². The average Bonchev–Trinajstić information content (AvgIpc) is 2.39. The summed E-state index contributed by atoms with van der Waals surface area (Å²) in [6.07, 6.45) is 1.44. The minimum absolute atomic E-state index is 0.0419. The van der Waals surface area contributed by atoms with Crippen LogP contribution in [0.1, 0.15) is 33.6 Å². The van der Waals surface area contributed by atoms with Gasteiger partial charge in [-0.3, -0.25) is 9.59 Å². The van der Waals surface area contributed by atoms with E-state index in [1.54, 1.807) is 0 Å². The van der Waals surface area contributed by atoms with E-state index < -0.39 is 0 Å². The molecule has 0 aliphatic carbocycles. The topological polar surface area (TPSA) is 58.6 Å². The summed E-state index contributed by atoms with van der Waals surface area (Å²) in [5.41, 5.74) is 0. The number of piperidine rings is 1. The van der Waals surface area contributed by atoms with E-state index in [1.807, 2.05) is 25.7 Å². The lowest BCUT2D eigenvalue weighted by atomic mass is 9.97. The molecule has 0 spiro atoms. The zero-order valence-electron chi connectivity index (χ0n) is 11.8. The van der Waals surface area contributed by atoms with Gasteiger partial charge in [-0.05, 0) is 32.0 Å². The Morgan fingerprint density at radius 3 is 2.42 bits per heavy atom. The number of carbonyl (C=O) groups is 2. The summed E-state index contributed by atoms with van der Waals surface area (Å²) in [4.78, 5) is 25.1. The van der Waals surface area contributed by atoms with Gasteiger partial charge in [-0.25, -0.2) is 0 Å². The van der Waals surface area contributed by atoms with Crippen LogP contribution >= 0.6 is 12.2 Å². The second-order valence-corrected chi connectivity index (χ2v) is 5.35. The average molecular weight is 286 g/mol. The summed E-state index contributed by atoms with van der Waals surface area (Å²) in [6, 6.07) is 0. The van der Waals surface area contributed by atoms with Gasteiger partial charge in [-0.15, -0.1) is 0 Å². The van der Waals surface area contributed by atoms with Crippen LogP contribution < -0.4 is 5.32 Å². The molecule has 1 aliphatic heterocycles. The number of hydrogen-bond donors (Lipinski definition) is 1. The number of nitrogens with zero attached hydrogens (tertiary/aromatic N) is 1. The molecule has 1 fully saturated rings. The van der Waals surface area contributed by atoms with Crippen molar-refractivity contribution in [2.75, 3.05) is 19.7 Å². The zero-order valence-corrected chi connectivity index (χ0v) is 12.6. The summed E-state index contributed by atoms with van der Waals surface area (Å²) >= 11 is 5.20. The molecule has 1 heterocycles. The molecule has 19 heavy (non-hydrogen) atoms. The number of rotatable bonds is 3. The van der Waals surface area contributed by atoms with E-state index in [0.29, 0.717) is 24.8 Å². The van der Waals surface area contributed by atoms with E-state index in [9.17, 15) is 9.59 Å². The van der Waals surface area contributed by atoms with E-state index in [0.717, 1.165) is 12.8 Å². The van der Waals surface area contributed by atoms with Gasteiger partial charge >= 0.3 is 5.97 Å². The number of esters is 1. The van der Waals surface area contributed by atoms with Crippen molar-refractivity contribution in [2.45, 2.75) is 33.6 Å². The molecule has 1 N–H and O–H groups in total. The number of hydrogen-bond acceptors (Lipinski definition) is 4. The van der Waals surface area contributed by atoms with Crippen molar-refractivity contribution in [2.24, 2.45) is 11.8 Å². The van der Waals surface area contributed by atoms with Crippen LogP contribution in [-0.2, 0) is 14.3 Å². The monoisotopic (exact) mass is 286 g/mol. The third kappa shape index (κ3) is 4.78. The molecular formula is C13H22N2O3S. The Hall–Kier alpha value is -1.17. The van der Waals surface area contributed by atoms with Gasteiger partial charge in [0.1, 0.15) is 0 Å². The number of ether oxygens (including phenoxy) is 1. The van der Waals surface area contributed by atoms with E-state index in [1.165, 1.54) is 0 Å². The second kappa shape index (κ2) is 7.43. The van der Waals surface area contributed by atoms with Crippen molar-refractivity contribution in [3.63, 3.8) is 0 Å². The van der Waals surface area contributed by atoms with E-state index >= 15 is 0 Å². The van der Waals surface area contributed by atoms with E-state index in [-0.39, 0.29) is 23.7 Å². The Labute approximate surface area is 119 Å². The molecule has 0 aromatic heterocycles. The van der Waals surface area contributed by atoms with Gasteiger partial charge < -0.3 is 15.0 Å². The first-order valence-corrected chi connectivity index (χ1v) is 7.13. The maximum absolute atomic E-state index is 11.6. The Morgan fingerprint density at radius 1 is 1.37 bits per heavy atom. The van der Waals surface area contributed by atoms with Crippen molar-refractivity contribution in [3.8, 4) is 0 Å². The van der Waals surface area contributed by atoms with Crippen LogP contribution in [0.2, 0.25) is 0 Å². The highest BCUT2D eigenvalue weighted by molar-refractivity contribution is 7.80. The quantitative estimate of drug-likeness (QED) is 0.626. The lowest BCUT2D eigenvalue weighted by Crippen LogP contribution is -2.48. The SMILES string of the molecule is CCOC(=O)C1CCN(C(=S)NC(=O)C(C)C)CC1. The summed E-state index contributed by atoms with van der Waals surface area (Å²) < 4.78 is 5.01. The van der Waals surface area contributed by atoms with Crippen LogP contribution in [-0.4, -0.2) is 41.6 Å². The Kier molecular flexibility index (Phi) is 6.21. The summed E-state index contributed by atoms with van der Waals surface area (Å²) in [5, 5.41) is 3.18. The van der Waals surface area contributed by atoms with Crippen molar-refractivity contribution < 1.29 is 14.3 Å². The highest BCUT2D eigenvalue weighted by atomic mass is 32.1. The van der Waals surface area contributed by atoms with Gasteiger partial charge in [0.25, 0.3) is 0 Å². The minimum Gasteiger partial charge on any atom is -0.466 e. The molecule has 6 heteroatoms. The Balaban J connectivity index is 2.39. The smallest absolute Gasteiger partial charge is 0.309 e. The van der Waals surface area contributed by atoms with Crippen LogP contribution in [0.25, 0.3) is 0 Å². The predicted molar refractivity (Wildman–Crippen MR) is 76.5 cm³/mol. The minimum atomic E-state index is -0.126. The molecule has 1 rings (SSSR count). The second-order valence-electron chi connectivity index (χ2n) is 4.96. The molecule has 1 aliphatic rings. The summed E-state index contributed by atoms with van der Waals surface area (Å²) in [6.45, 7) is 7.24. The first kappa shape index (κ1) is 15.9. The van der Waals surface area contributed by atoms with Crippen LogP contribution in [0, 0.1) is 11.8 Å². The number of likely N-dealkylation sites (tertiary alicyclic amines) is 1. The third-order valence-corrected chi connectivity index (χ3v) is 3.52. The summed E-state index contributed by atoms with van der Waals surface area (Å²) in [5.74, 6) is -0.327. The molecule has 0 aromatic carbocycles.